The first kappa shape index (κ1) is 21.2. The summed E-state index contributed by atoms with van der Waals surface area (Å²) < 4.78 is -0.104. The second-order valence-electron chi connectivity index (χ2n) is 8.11. The Balaban J connectivity index is 1.98. The summed E-state index contributed by atoms with van der Waals surface area (Å²) in [5, 5.41) is 2.93. The molecule has 0 aliphatic rings. The highest BCUT2D eigenvalue weighted by Crippen LogP contribution is 2.59. The molecule has 4 aromatic carbocycles. The topological polar surface area (TPSA) is 0 Å². The zero-order valence-electron chi connectivity index (χ0n) is 17.6. The third kappa shape index (κ3) is 3.83. The van der Waals surface area contributed by atoms with Gasteiger partial charge in [0.25, 0.3) is 0 Å². The number of hydrogen-bond acceptors (Lipinski definition) is 0. The lowest BCUT2D eigenvalue weighted by atomic mass is 10.0. The summed E-state index contributed by atoms with van der Waals surface area (Å²) in [5.74, 6) is 0. The van der Waals surface area contributed by atoms with Crippen molar-refractivity contribution in [3.05, 3.63) is 132 Å². The van der Waals surface area contributed by atoms with Crippen LogP contribution in [-0.4, -0.2) is 7.74 Å². The highest BCUT2D eigenvalue weighted by Gasteiger charge is 2.51. The fourth-order valence-electron chi connectivity index (χ4n) is 4.40. The van der Waals surface area contributed by atoms with Crippen LogP contribution in [0.15, 0.2) is 121 Å². The summed E-state index contributed by atoms with van der Waals surface area (Å²) in [4.78, 5) is 0. The van der Waals surface area contributed by atoms with Gasteiger partial charge in [0.2, 0.25) is 0 Å². The zero-order valence-corrected chi connectivity index (χ0v) is 20.6. The fraction of sp³-hybridized carbons (Fsp3) is 0.111. The Labute approximate surface area is 185 Å². The predicted molar refractivity (Wildman–Crippen MR) is 140 cm³/mol. The SMILES string of the molecule is C[Si](C)(P(c1ccccc1)c1ccccc1)C(P)(c1ccccc1)c1ccccc1. The molecule has 0 heterocycles. The molecule has 0 amide bonds. The van der Waals surface area contributed by atoms with E-state index < -0.39 is 15.2 Å². The maximum absolute atomic E-state index is 3.34. The Hall–Kier alpha value is -2.04. The molecule has 150 valence electrons. The van der Waals surface area contributed by atoms with Crippen LogP contribution in [0.2, 0.25) is 13.1 Å². The van der Waals surface area contributed by atoms with Gasteiger partial charge in [-0.15, -0.1) is 9.24 Å². The van der Waals surface area contributed by atoms with E-state index in [0.29, 0.717) is 0 Å². The monoisotopic (exact) mass is 442 g/mol. The second-order valence-corrected chi connectivity index (χ2v) is 19.9. The van der Waals surface area contributed by atoms with E-state index in [1.54, 1.807) is 0 Å². The molecule has 1 atom stereocenters. The van der Waals surface area contributed by atoms with E-state index >= 15 is 0 Å². The van der Waals surface area contributed by atoms with E-state index in [4.69, 9.17) is 0 Å². The van der Waals surface area contributed by atoms with Gasteiger partial charge >= 0.3 is 0 Å². The minimum atomic E-state index is -2.02. The molecule has 0 nitrogen and oxygen atoms in total. The maximum Gasteiger partial charge on any atom is 0.106 e. The van der Waals surface area contributed by atoms with E-state index in [-0.39, 0.29) is 4.78 Å². The lowest BCUT2D eigenvalue weighted by molar-refractivity contribution is 1.01. The quantitative estimate of drug-likeness (QED) is 0.231. The first-order chi connectivity index (χ1) is 14.5. The molecule has 30 heavy (non-hydrogen) atoms. The fourth-order valence-corrected chi connectivity index (χ4v) is 17.2. The molecule has 0 saturated carbocycles. The summed E-state index contributed by atoms with van der Waals surface area (Å²) in [7, 11) is 0.805. The van der Waals surface area contributed by atoms with Crippen LogP contribution in [0.5, 0.6) is 0 Å². The van der Waals surface area contributed by atoms with Gasteiger partial charge in [-0.1, -0.05) is 142 Å². The number of rotatable bonds is 6. The van der Waals surface area contributed by atoms with E-state index in [9.17, 15) is 0 Å². The van der Waals surface area contributed by atoms with Gasteiger partial charge in [-0.3, -0.25) is 0 Å². The van der Waals surface area contributed by atoms with Crippen molar-refractivity contribution < 1.29 is 0 Å². The van der Waals surface area contributed by atoms with Crippen molar-refractivity contribution in [3.8, 4) is 0 Å². The molecule has 0 spiro atoms. The highest BCUT2D eigenvalue weighted by molar-refractivity contribution is 8.06. The van der Waals surface area contributed by atoms with Gasteiger partial charge < -0.3 is 0 Å². The Morgan fingerprint density at radius 3 is 1.17 bits per heavy atom. The molecule has 4 aromatic rings. The van der Waals surface area contributed by atoms with Crippen LogP contribution in [0.4, 0.5) is 0 Å². The van der Waals surface area contributed by atoms with Crippen molar-refractivity contribution in [2.24, 2.45) is 0 Å². The van der Waals surface area contributed by atoms with Gasteiger partial charge in [-0.25, -0.2) is 0 Å². The van der Waals surface area contributed by atoms with Crippen LogP contribution in [0.1, 0.15) is 11.1 Å². The van der Waals surface area contributed by atoms with Gasteiger partial charge in [-0.05, 0) is 21.7 Å². The normalized spacial score (nSPS) is 12.1. The van der Waals surface area contributed by atoms with Crippen molar-refractivity contribution in [1.29, 1.82) is 0 Å². The number of hydrogen-bond donors (Lipinski definition) is 0. The zero-order chi connectivity index (χ0) is 21.0. The van der Waals surface area contributed by atoms with Gasteiger partial charge in [0.05, 0.1) is 0 Å². The first-order valence-electron chi connectivity index (χ1n) is 10.4. The maximum atomic E-state index is 3.34. The molecule has 0 N–H and O–H groups in total. The third-order valence-electron chi connectivity index (χ3n) is 6.01. The number of benzene rings is 4. The van der Waals surface area contributed by atoms with Crippen molar-refractivity contribution in [2.45, 2.75) is 17.9 Å². The van der Waals surface area contributed by atoms with E-state index in [0.717, 1.165) is 0 Å². The summed E-state index contributed by atoms with van der Waals surface area (Å²) in [6, 6.07) is 44.5. The molecule has 0 saturated heterocycles. The van der Waals surface area contributed by atoms with Gasteiger partial charge in [0.15, 0.2) is 0 Å². The van der Waals surface area contributed by atoms with Crippen LogP contribution in [0.3, 0.4) is 0 Å². The molecule has 0 radical (unpaired) electrons. The molecule has 0 bridgehead atoms. The van der Waals surface area contributed by atoms with Crippen molar-refractivity contribution in [2.75, 3.05) is 0 Å². The molecular formula is C27H28P2Si. The van der Waals surface area contributed by atoms with Gasteiger partial charge in [0, 0.05) is 4.78 Å². The van der Waals surface area contributed by atoms with E-state index in [1.165, 1.54) is 21.7 Å². The minimum absolute atomic E-state index is 0.104. The predicted octanol–water partition coefficient (Wildman–Crippen LogP) is 6.68. The molecule has 0 aromatic heterocycles. The Kier molecular flexibility index (Phi) is 6.35. The van der Waals surface area contributed by atoms with E-state index in [1.807, 2.05) is 0 Å². The second kappa shape index (κ2) is 8.99. The molecule has 4 rings (SSSR count). The highest BCUT2D eigenvalue weighted by atomic mass is 31.4. The molecule has 1 unspecified atom stereocenters. The standard InChI is InChI=1S/C27H28P2Si/c1-30(2,29(25-19-11-5-12-20-25)26-21-13-6-14-22-26)27(28,23-15-7-3-8-16-23)24-17-9-4-10-18-24/h3-22H,28H2,1-2H3. The minimum Gasteiger partial charge on any atom is -0.124 e. The largest absolute Gasteiger partial charge is 0.124 e. The van der Waals surface area contributed by atoms with Crippen molar-refractivity contribution in [1.82, 2.24) is 0 Å². The van der Waals surface area contributed by atoms with Gasteiger partial charge in [0.1, 0.15) is 7.74 Å². The molecule has 3 heteroatoms. The third-order valence-corrected chi connectivity index (χ3v) is 20.8. The average molecular weight is 443 g/mol. The molecule has 0 aliphatic carbocycles. The van der Waals surface area contributed by atoms with Crippen LogP contribution in [-0.2, 0) is 4.78 Å². The average Bonchev–Trinajstić information content (AvgIpc) is 2.81. The summed E-state index contributed by atoms with van der Waals surface area (Å²) in [6.07, 6.45) is 0. The summed E-state index contributed by atoms with van der Waals surface area (Å²) in [6.45, 7) is 5.15. The smallest absolute Gasteiger partial charge is 0.106 e. The summed E-state index contributed by atoms with van der Waals surface area (Å²) >= 11 is 0. The van der Waals surface area contributed by atoms with E-state index in [2.05, 4.69) is 144 Å². The van der Waals surface area contributed by atoms with Gasteiger partial charge in [-0.2, -0.15) is 0 Å². The molecule has 0 aliphatic heterocycles. The molecular weight excluding hydrogens is 414 g/mol. The Morgan fingerprint density at radius 1 is 0.533 bits per heavy atom. The summed E-state index contributed by atoms with van der Waals surface area (Å²) in [5.41, 5.74) is 2.77. The Bertz CT molecular complexity index is 986. The van der Waals surface area contributed by atoms with Crippen molar-refractivity contribution in [3.63, 3.8) is 0 Å². The van der Waals surface area contributed by atoms with Crippen molar-refractivity contribution >= 4 is 35.1 Å². The lowest BCUT2D eigenvalue weighted by Crippen LogP contribution is -2.50. The van der Waals surface area contributed by atoms with Crippen LogP contribution < -0.4 is 10.6 Å². The lowest BCUT2D eigenvalue weighted by Gasteiger charge is -2.48. The van der Waals surface area contributed by atoms with Crippen LogP contribution >= 0.6 is 16.7 Å². The first-order valence-corrected chi connectivity index (χ1v) is 16.1. The van der Waals surface area contributed by atoms with Crippen LogP contribution in [0.25, 0.3) is 0 Å². The Morgan fingerprint density at radius 2 is 0.833 bits per heavy atom. The molecule has 0 fully saturated rings. The van der Waals surface area contributed by atoms with Crippen LogP contribution in [0, 0.1) is 0 Å².